The van der Waals surface area contributed by atoms with E-state index in [2.05, 4.69) is 15.6 Å². The van der Waals surface area contributed by atoms with E-state index < -0.39 is 22.7 Å². The largest absolute Gasteiger partial charge is 0.401 e. The number of hydrogen-bond acceptors (Lipinski definition) is 4. The number of aliphatic imine (C=N–C) groups is 1. The molecule has 12 heteroatoms. The van der Waals surface area contributed by atoms with Gasteiger partial charge in [-0.1, -0.05) is 0 Å². The maximum Gasteiger partial charge on any atom is 0.401 e. The van der Waals surface area contributed by atoms with Gasteiger partial charge in [-0.2, -0.15) is 13.2 Å². The molecule has 0 amide bonds. The Morgan fingerprint density at radius 2 is 2.00 bits per heavy atom. The van der Waals surface area contributed by atoms with Gasteiger partial charge < -0.3 is 10.6 Å². The van der Waals surface area contributed by atoms with E-state index in [0.29, 0.717) is 51.5 Å². The van der Waals surface area contributed by atoms with Crippen LogP contribution in [0.1, 0.15) is 26.7 Å². The van der Waals surface area contributed by atoms with Crippen molar-refractivity contribution in [1.82, 2.24) is 19.8 Å². The lowest BCUT2D eigenvalue weighted by Crippen LogP contribution is -2.45. The first kappa shape index (κ1) is 26.7. The summed E-state index contributed by atoms with van der Waals surface area (Å²) in [5.41, 5.74) is 0. The Labute approximate surface area is 177 Å². The summed E-state index contributed by atoms with van der Waals surface area (Å²) < 4.78 is 62.0. The molecule has 2 N–H and O–H groups in total. The average Bonchev–Trinajstić information content (AvgIpc) is 2.96. The molecule has 0 aliphatic carbocycles. The zero-order valence-corrected chi connectivity index (χ0v) is 19.2. The molecule has 0 bridgehead atoms. The zero-order valence-electron chi connectivity index (χ0n) is 16.0. The van der Waals surface area contributed by atoms with E-state index in [1.807, 2.05) is 6.92 Å². The monoisotopic (exact) mass is 529 g/mol. The van der Waals surface area contributed by atoms with Gasteiger partial charge in [0.2, 0.25) is 10.0 Å². The fraction of sp³-hybridized carbons (Fsp3) is 0.933. The Morgan fingerprint density at radius 3 is 2.56 bits per heavy atom. The van der Waals surface area contributed by atoms with E-state index in [-0.39, 0.29) is 35.8 Å². The molecule has 1 saturated heterocycles. The second-order valence-electron chi connectivity index (χ2n) is 6.32. The molecular weight excluding hydrogens is 498 g/mol. The first-order valence-electron chi connectivity index (χ1n) is 8.85. The van der Waals surface area contributed by atoms with Crippen LogP contribution in [0.4, 0.5) is 13.2 Å². The highest BCUT2D eigenvalue weighted by molar-refractivity contribution is 14.0. The van der Waals surface area contributed by atoms with Gasteiger partial charge >= 0.3 is 6.18 Å². The molecule has 162 valence electrons. The lowest BCUT2D eigenvalue weighted by molar-refractivity contribution is -0.143. The predicted molar refractivity (Wildman–Crippen MR) is 112 cm³/mol. The highest BCUT2D eigenvalue weighted by Crippen LogP contribution is 2.19. The Balaban J connectivity index is 0.00000676. The Kier molecular flexibility index (Phi) is 12.1. The summed E-state index contributed by atoms with van der Waals surface area (Å²) in [5, 5.41) is 6.23. The van der Waals surface area contributed by atoms with Crippen molar-refractivity contribution >= 4 is 40.0 Å². The van der Waals surface area contributed by atoms with E-state index in [4.69, 9.17) is 0 Å². The molecule has 0 spiro atoms. The summed E-state index contributed by atoms with van der Waals surface area (Å²) >= 11 is 0. The van der Waals surface area contributed by atoms with Crippen LogP contribution in [-0.4, -0.2) is 87.9 Å². The van der Waals surface area contributed by atoms with E-state index in [9.17, 15) is 21.6 Å². The standard InChI is InChI=1S/C15H30F3N5O2S.HI/c1-4-19-14(20-8-6-9-22(3)26(24,25)5-2)21-13-7-10-23(11-13)12-15(16,17)18;/h13H,4-12H2,1-3H3,(H2,19,20,21);1H. The van der Waals surface area contributed by atoms with E-state index in [1.165, 1.54) is 9.21 Å². The number of nitrogens with one attached hydrogen (secondary N) is 2. The molecule has 0 aromatic rings. The highest BCUT2D eigenvalue weighted by atomic mass is 127. The van der Waals surface area contributed by atoms with Crippen LogP contribution in [0, 0.1) is 0 Å². The number of sulfonamides is 1. The summed E-state index contributed by atoms with van der Waals surface area (Å²) in [4.78, 5) is 5.77. The van der Waals surface area contributed by atoms with Crippen molar-refractivity contribution in [2.45, 2.75) is 38.9 Å². The molecule has 1 fully saturated rings. The van der Waals surface area contributed by atoms with Crippen LogP contribution in [0.5, 0.6) is 0 Å². The second kappa shape index (κ2) is 12.3. The van der Waals surface area contributed by atoms with Gasteiger partial charge in [0.25, 0.3) is 0 Å². The first-order valence-corrected chi connectivity index (χ1v) is 10.5. The minimum Gasteiger partial charge on any atom is -0.357 e. The summed E-state index contributed by atoms with van der Waals surface area (Å²) in [5.74, 6) is 0.611. The third-order valence-corrected chi connectivity index (χ3v) is 5.96. The molecule has 0 aromatic heterocycles. The molecule has 1 aliphatic heterocycles. The average molecular weight is 529 g/mol. The Bertz CT molecular complexity index is 560. The van der Waals surface area contributed by atoms with Crippen LogP contribution in [0.15, 0.2) is 4.99 Å². The molecule has 1 heterocycles. The highest BCUT2D eigenvalue weighted by Gasteiger charge is 2.34. The second-order valence-corrected chi connectivity index (χ2v) is 8.68. The van der Waals surface area contributed by atoms with Crippen LogP contribution in [0.2, 0.25) is 0 Å². The smallest absolute Gasteiger partial charge is 0.357 e. The number of alkyl halides is 3. The van der Waals surface area contributed by atoms with Gasteiger partial charge in [-0.25, -0.2) is 12.7 Å². The van der Waals surface area contributed by atoms with Crippen molar-refractivity contribution in [2.75, 3.05) is 52.1 Å². The normalized spacial score (nSPS) is 19.2. The number of rotatable bonds is 9. The Hall–Kier alpha value is -0.340. The lowest BCUT2D eigenvalue weighted by Gasteiger charge is -2.20. The first-order chi connectivity index (χ1) is 12.1. The summed E-state index contributed by atoms with van der Waals surface area (Å²) in [6.45, 7) is 4.77. The van der Waals surface area contributed by atoms with Gasteiger partial charge in [0, 0.05) is 45.8 Å². The maximum absolute atomic E-state index is 12.5. The number of halogens is 4. The van der Waals surface area contributed by atoms with Crippen molar-refractivity contribution in [3.63, 3.8) is 0 Å². The molecule has 1 aliphatic rings. The van der Waals surface area contributed by atoms with Crippen LogP contribution >= 0.6 is 24.0 Å². The molecule has 0 aromatic carbocycles. The minimum absolute atomic E-state index is 0. The molecule has 1 unspecified atom stereocenters. The SMILES string of the molecule is CCNC(=NCCCN(C)S(=O)(=O)CC)NC1CCN(CC(F)(F)F)C1.I. The van der Waals surface area contributed by atoms with Crippen LogP contribution < -0.4 is 10.6 Å². The Morgan fingerprint density at radius 1 is 1.33 bits per heavy atom. The van der Waals surface area contributed by atoms with Crippen molar-refractivity contribution in [1.29, 1.82) is 0 Å². The topological polar surface area (TPSA) is 77.0 Å². The summed E-state index contributed by atoms with van der Waals surface area (Å²) in [6.07, 6.45) is -2.99. The molecule has 1 rings (SSSR count). The molecular formula is C15H31F3IN5O2S. The number of hydrogen-bond donors (Lipinski definition) is 2. The van der Waals surface area contributed by atoms with Crippen molar-refractivity contribution < 1.29 is 21.6 Å². The molecule has 7 nitrogen and oxygen atoms in total. The number of nitrogens with zero attached hydrogens (tertiary/aromatic N) is 3. The van der Waals surface area contributed by atoms with Crippen LogP contribution in [0.25, 0.3) is 0 Å². The fourth-order valence-electron chi connectivity index (χ4n) is 2.70. The lowest BCUT2D eigenvalue weighted by atomic mass is 10.3. The van der Waals surface area contributed by atoms with E-state index in [1.54, 1.807) is 14.0 Å². The van der Waals surface area contributed by atoms with Gasteiger partial charge in [0.1, 0.15) is 0 Å². The fourth-order valence-corrected chi connectivity index (χ4v) is 3.55. The van der Waals surface area contributed by atoms with Gasteiger partial charge in [-0.15, -0.1) is 24.0 Å². The van der Waals surface area contributed by atoms with Crippen molar-refractivity contribution in [2.24, 2.45) is 4.99 Å². The third kappa shape index (κ3) is 10.7. The zero-order chi connectivity index (χ0) is 19.8. The van der Waals surface area contributed by atoms with E-state index >= 15 is 0 Å². The van der Waals surface area contributed by atoms with E-state index in [0.717, 1.165) is 0 Å². The molecule has 0 saturated carbocycles. The van der Waals surface area contributed by atoms with Crippen LogP contribution in [-0.2, 0) is 10.0 Å². The van der Waals surface area contributed by atoms with Gasteiger partial charge in [-0.05, 0) is 26.7 Å². The van der Waals surface area contributed by atoms with Gasteiger partial charge in [0.15, 0.2) is 5.96 Å². The predicted octanol–water partition coefficient (Wildman–Crippen LogP) is 1.47. The number of likely N-dealkylation sites (tertiary alicyclic amines) is 1. The summed E-state index contributed by atoms with van der Waals surface area (Å²) in [7, 11) is -1.65. The summed E-state index contributed by atoms with van der Waals surface area (Å²) in [6, 6.07) is -0.0849. The third-order valence-electron chi connectivity index (χ3n) is 4.10. The maximum atomic E-state index is 12.5. The van der Waals surface area contributed by atoms with Gasteiger partial charge in [-0.3, -0.25) is 9.89 Å². The number of guanidine groups is 1. The molecule has 0 radical (unpaired) electrons. The quantitative estimate of drug-likeness (QED) is 0.205. The van der Waals surface area contributed by atoms with Crippen molar-refractivity contribution in [3.05, 3.63) is 0 Å². The molecule has 1 atom stereocenters. The van der Waals surface area contributed by atoms with Crippen LogP contribution in [0.3, 0.4) is 0 Å². The van der Waals surface area contributed by atoms with Gasteiger partial charge in [0.05, 0.1) is 12.3 Å². The minimum atomic E-state index is -4.18. The van der Waals surface area contributed by atoms with Crippen molar-refractivity contribution in [3.8, 4) is 0 Å². The molecule has 27 heavy (non-hydrogen) atoms.